The summed E-state index contributed by atoms with van der Waals surface area (Å²) in [7, 11) is 0. The van der Waals surface area contributed by atoms with Crippen molar-refractivity contribution in [2.24, 2.45) is 0 Å². The van der Waals surface area contributed by atoms with Crippen molar-refractivity contribution < 1.29 is 19.8 Å². The second kappa shape index (κ2) is 6.03. The first-order valence-electron chi connectivity index (χ1n) is 5.50. The van der Waals surface area contributed by atoms with E-state index in [2.05, 4.69) is 26.6 Å². The number of carbonyl (C=O) groups excluding carboxylic acids is 1. The lowest BCUT2D eigenvalue weighted by Crippen LogP contribution is -2.47. The van der Waals surface area contributed by atoms with Crippen LogP contribution in [0, 0.1) is 6.92 Å². The molecule has 0 aliphatic rings. The lowest BCUT2D eigenvalue weighted by Gasteiger charge is -2.18. The molecule has 0 aliphatic carbocycles. The number of amides is 2. The van der Waals surface area contributed by atoms with Gasteiger partial charge in [0.1, 0.15) is 0 Å². The molecule has 104 valence electrons. The summed E-state index contributed by atoms with van der Waals surface area (Å²) in [5, 5.41) is 23.0. The lowest BCUT2D eigenvalue weighted by atomic mass is 10.1. The fourth-order valence-electron chi connectivity index (χ4n) is 1.24. The molecule has 0 bridgehead atoms. The van der Waals surface area contributed by atoms with Gasteiger partial charge in [-0.25, -0.2) is 9.59 Å². The Balaban J connectivity index is 2.62. The topological polar surface area (TPSA) is 98.7 Å². The lowest BCUT2D eigenvalue weighted by molar-refractivity contribution is -0.155. The number of carboxylic acids is 1. The summed E-state index contributed by atoms with van der Waals surface area (Å²) in [6.07, 6.45) is 0. The average Bonchev–Trinajstić information content (AvgIpc) is 2.32. The van der Waals surface area contributed by atoms with Gasteiger partial charge in [-0.05, 0) is 41.4 Å². The molecule has 0 fully saturated rings. The Hall–Kier alpha value is -1.60. The summed E-state index contributed by atoms with van der Waals surface area (Å²) in [4.78, 5) is 22.3. The maximum Gasteiger partial charge on any atom is 0.337 e. The first kappa shape index (κ1) is 15.5. The SMILES string of the molecule is Cc1cccc(NC(=O)NCC(C)(O)C(=O)O)c1Br. The smallest absolute Gasteiger partial charge is 0.337 e. The van der Waals surface area contributed by atoms with Crippen molar-refractivity contribution in [3.05, 3.63) is 28.2 Å². The van der Waals surface area contributed by atoms with E-state index in [1.807, 2.05) is 13.0 Å². The Morgan fingerprint density at radius 2 is 2.05 bits per heavy atom. The van der Waals surface area contributed by atoms with Crippen molar-refractivity contribution in [1.29, 1.82) is 0 Å². The molecule has 1 atom stereocenters. The van der Waals surface area contributed by atoms with Crippen molar-refractivity contribution in [2.75, 3.05) is 11.9 Å². The summed E-state index contributed by atoms with van der Waals surface area (Å²) in [6, 6.07) is 4.77. The van der Waals surface area contributed by atoms with Gasteiger partial charge in [0, 0.05) is 4.47 Å². The van der Waals surface area contributed by atoms with E-state index in [4.69, 9.17) is 5.11 Å². The third kappa shape index (κ3) is 4.22. The molecule has 0 heterocycles. The third-order valence-electron chi connectivity index (χ3n) is 2.49. The number of hydrogen-bond acceptors (Lipinski definition) is 3. The Bertz CT molecular complexity index is 503. The van der Waals surface area contributed by atoms with Crippen molar-refractivity contribution in [3.8, 4) is 0 Å². The number of benzene rings is 1. The quantitative estimate of drug-likeness (QED) is 0.675. The predicted molar refractivity (Wildman–Crippen MR) is 74.2 cm³/mol. The summed E-state index contributed by atoms with van der Waals surface area (Å²) in [6.45, 7) is 2.60. The highest BCUT2D eigenvalue weighted by Gasteiger charge is 2.30. The first-order valence-corrected chi connectivity index (χ1v) is 6.29. The Morgan fingerprint density at radius 3 is 2.63 bits per heavy atom. The van der Waals surface area contributed by atoms with Crippen LogP contribution < -0.4 is 10.6 Å². The number of nitrogens with one attached hydrogen (secondary N) is 2. The molecular formula is C12H15BrN2O4. The normalized spacial score (nSPS) is 13.5. The van der Waals surface area contributed by atoms with E-state index in [-0.39, 0.29) is 0 Å². The van der Waals surface area contributed by atoms with Crippen LogP contribution in [0.4, 0.5) is 10.5 Å². The molecule has 0 saturated carbocycles. The second-order valence-corrected chi connectivity index (χ2v) is 5.12. The molecule has 0 aliphatic heterocycles. The van der Waals surface area contributed by atoms with Crippen LogP contribution in [-0.2, 0) is 4.79 Å². The van der Waals surface area contributed by atoms with Crippen molar-refractivity contribution in [1.82, 2.24) is 5.32 Å². The van der Waals surface area contributed by atoms with Crippen LogP contribution in [0.25, 0.3) is 0 Å². The van der Waals surface area contributed by atoms with Gasteiger partial charge in [-0.3, -0.25) is 0 Å². The molecule has 2 amide bonds. The van der Waals surface area contributed by atoms with Crippen molar-refractivity contribution in [3.63, 3.8) is 0 Å². The molecule has 0 saturated heterocycles. The van der Waals surface area contributed by atoms with Crippen LogP contribution in [0.2, 0.25) is 0 Å². The Kier molecular flexibility index (Phi) is 4.90. The molecule has 7 heteroatoms. The minimum Gasteiger partial charge on any atom is -0.479 e. The molecule has 0 spiro atoms. The van der Waals surface area contributed by atoms with Crippen LogP contribution in [0.15, 0.2) is 22.7 Å². The van der Waals surface area contributed by atoms with E-state index < -0.39 is 24.1 Å². The Morgan fingerprint density at radius 1 is 1.42 bits per heavy atom. The first-order chi connectivity index (χ1) is 8.74. The van der Waals surface area contributed by atoms with E-state index >= 15 is 0 Å². The molecule has 0 radical (unpaired) electrons. The van der Waals surface area contributed by atoms with E-state index in [0.717, 1.165) is 17.0 Å². The van der Waals surface area contributed by atoms with Crippen molar-refractivity contribution >= 4 is 33.6 Å². The maximum atomic E-state index is 11.6. The van der Waals surface area contributed by atoms with Gasteiger partial charge in [-0.2, -0.15) is 0 Å². The van der Waals surface area contributed by atoms with Crippen LogP contribution in [0.5, 0.6) is 0 Å². The average molecular weight is 331 g/mol. The summed E-state index contributed by atoms with van der Waals surface area (Å²) in [5.74, 6) is -1.40. The molecule has 19 heavy (non-hydrogen) atoms. The number of halogens is 1. The number of carbonyl (C=O) groups is 2. The van der Waals surface area contributed by atoms with Gasteiger partial charge in [-0.15, -0.1) is 0 Å². The zero-order valence-corrected chi connectivity index (χ0v) is 12.1. The van der Waals surface area contributed by atoms with Gasteiger partial charge < -0.3 is 20.8 Å². The number of urea groups is 1. The van der Waals surface area contributed by atoms with Gasteiger partial charge in [-0.1, -0.05) is 12.1 Å². The fraction of sp³-hybridized carbons (Fsp3) is 0.333. The predicted octanol–water partition coefficient (Wildman–Crippen LogP) is 1.71. The minimum atomic E-state index is -2.00. The number of aliphatic hydroxyl groups is 1. The van der Waals surface area contributed by atoms with Gasteiger partial charge in [0.05, 0.1) is 12.2 Å². The van der Waals surface area contributed by atoms with E-state index in [0.29, 0.717) is 5.69 Å². The number of rotatable bonds is 4. The molecule has 1 unspecified atom stereocenters. The number of anilines is 1. The minimum absolute atomic E-state index is 0.391. The number of aliphatic carboxylic acids is 1. The standard InChI is InChI=1S/C12H15BrN2O4/c1-7-4-3-5-8(9(7)13)15-11(18)14-6-12(2,19)10(16)17/h3-5,19H,6H2,1-2H3,(H,16,17)(H2,14,15,18). The molecule has 0 aromatic heterocycles. The molecule has 6 nitrogen and oxygen atoms in total. The highest BCUT2D eigenvalue weighted by atomic mass is 79.9. The molecular weight excluding hydrogens is 316 g/mol. The van der Waals surface area contributed by atoms with Gasteiger partial charge in [0.2, 0.25) is 0 Å². The molecule has 1 aromatic rings. The number of hydrogen-bond donors (Lipinski definition) is 4. The zero-order chi connectivity index (χ0) is 14.6. The maximum absolute atomic E-state index is 11.6. The van der Waals surface area contributed by atoms with Crippen molar-refractivity contribution in [2.45, 2.75) is 19.4 Å². The van der Waals surface area contributed by atoms with Gasteiger partial charge in [0.15, 0.2) is 5.60 Å². The summed E-state index contributed by atoms with van der Waals surface area (Å²) in [5.41, 5.74) is -0.482. The van der Waals surface area contributed by atoms with Crippen LogP contribution in [-0.4, -0.2) is 34.4 Å². The zero-order valence-electron chi connectivity index (χ0n) is 10.5. The third-order valence-corrected chi connectivity index (χ3v) is 3.55. The van der Waals surface area contributed by atoms with Gasteiger partial charge in [0.25, 0.3) is 0 Å². The van der Waals surface area contributed by atoms with E-state index in [1.165, 1.54) is 0 Å². The highest BCUT2D eigenvalue weighted by molar-refractivity contribution is 9.10. The van der Waals surface area contributed by atoms with Crippen LogP contribution in [0.3, 0.4) is 0 Å². The summed E-state index contributed by atoms with van der Waals surface area (Å²) < 4.78 is 0.746. The van der Waals surface area contributed by atoms with Crippen LogP contribution >= 0.6 is 15.9 Å². The highest BCUT2D eigenvalue weighted by Crippen LogP contribution is 2.25. The monoisotopic (exact) mass is 330 g/mol. The van der Waals surface area contributed by atoms with Crippen LogP contribution in [0.1, 0.15) is 12.5 Å². The van der Waals surface area contributed by atoms with E-state index in [9.17, 15) is 14.7 Å². The Labute approximate surface area is 118 Å². The van der Waals surface area contributed by atoms with E-state index in [1.54, 1.807) is 12.1 Å². The fourth-order valence-corrected chi connectivity index (χ4v) is 1.60. The molecule has 1 aromatic carbocycles. The number of carboxylic acid groups (broad SMARTS) is 1. The molecule has 1 rings (SSSR count). The number of aryl methyl sites for hydroxylation is 1. The van der Waals surface area contributed by atoms with Gasteiger partial charge >= 0.3 is 12.0 Å². The second-order valence-electron chi connectivity index (χ2n) is 4.32. The largest absolute Gasteiger partial charge is 0.479 e. The summed E-state index contributed by atoms with van der Waals surface area (Å²) >= 11 is 3.34. The molecule has 4 N–H and O–H groups in total.